The molecule has 0 aromatic heterocycles. The van der Waals surface area contributed by atoms with E-state index in [-0.39, 0.29) is 10.8 Å². The molecule has 0 spiro atoms. The van der Waals surface area contributed by atoms with Crippen LogP contribution in [0.4, 0.5) is 5.69 Å². The summed E-state index contributed by atoms with van der Waals surface area (Å²) in [4.78, 5) is 17.4. The summed E-state index contributed by atoms with van der Waals surface area (Å²) in [6.07, 6.45) is 5.60. The molecule has 1 atom stereocenters. The largest absolute Gasteiger partial charge is 0.343 e. The third-order valence-electron chi connectivity index (χ3n) is 5.41. The molecule has 1 fully saturated rings. The van der Waals surface area contributed by atoms with Gasteiger partial charge in [0.25, 0.3) is 10.3 Å². The lowest BCUT2D eigenvalue weighted by Gasteiger charge is -2.33. The maximum atomic E-state index is 13.4. The zero-order chi connectivity index (χ0) is 23.1. The second-order valence-electron chi connectivity index (χ2n) is 7.40. The molecular formula is C23H24N2O4S3. The van der Waals surface area contributed by atoms with Crippen LogP contribution in [0.3, 0.4) is 0 Å². The number of thioether (sulfide) groups is 2. The Morgan fingerprint density at radius 1 is 1.09 bits per heavy atom. The number of hydrogen-bond acceptors (Lipinski definition) is 7. The fourth-order valence-electron chi connectivity index (χ4n) is 3.69. The lowest BCUT2D eigenvalue weighted by molar-refractivity contribution is -0.130. The number of benzene rings is 2. The van der Waals surface area contributed by atoms with Crippen LogP contribution in [0.1, 0.15) is 18.1 Å². The molecule has 0 saturated carbocycles. The highest BCUT2D eigenvalue weighted by Gasteiger charge is 2.54. The van der Waals surface area contributed by atoms with Crippen LogP contribution >= 0.6 is 23.5 Å². The molecule has 6 nitrogen and oxygen atoms in total. The smallest absolute Gasteiger partial charge is 0.300 e. The molecule has 1 saturated heterocycles. The van der Waals surface area contributed by atoms with Gasteiger partial charge in [-0.05, 0) is 61.7 Å². The SMILES string of the molecule is CCN1C(=O)C(=C2C=Cc3ccccc3N2C)SC1(OS(=O)(=O)c1ccc(C)cc1)SC. The number of likely N-dealkylation sites (N-methyl/N-ethyl adjacent to an activating group) is 2. The Bertz CT molecular complexity index is 1220. The van der Waals surface area contributed by atoms with Gasteiger partial charge >= 0.3 is 10.1 Å². The van der Waals surface area contributed by atoms with Gasteiger partial charge in [0, 0.05) is 19.3 Å². The lowest BCUT2D eigenvalue weighted by atomic mass is 10.1. The molecule has 4 rings (SSSR count). The third-order valence-corrected chi connectivity index (χ3v) is 9.65. The molecule has 0 radical (unpaired) electrons. The average molecular weight is 489 g/mol. The van der Waals surface area contributed by atoms with E-state index in [1.54, 1.807) is 18.4 Å². The van der Waals surface area contributed by atoms with E-state index < -0.39 is 14.5 Å². The average Bonchev–Trinajstić information content (AvgIpc) is 3.05. The van der Waals surface area contributed by atoms with E-state index in [1.807, 2.05) is 62.2 Å². The highest BCUT2D eigenvalue weighted by Crippen LogP contribution is 2.54. The number of allylic oxidation sites excluding steroid dienone is 1. The summed E-state index contributed by atoms with van der Waals surface area (Å²) in [5, 5.41) is 0. The van der Waals surface area contributed by atoms with Crippen LogP contribution in [-0.2, 0) is 19.1 Å². The molecule has 2 aromatic carbocycles. The Morgan fingerprint density at radius 3 is 2.44 bits per heavy atom. The number of carbonyl (C=O) groups excluding carboxylic acids is 1. The minimum absolute atomic E-state index is 0.0605. The summed E-state index contributed by atoms with van der Waals surface area (Å²) in [7, 11) is -2.20. The molecule has 1 unspecified atom stereocenters. The monoisotopic (exact) mass is 488 g/mol. The van der Waals surface area contributed by atoms with Gasteiger partial charge in [0.15, 0.2) is 0 Å². The van der Waals surface area contributed by atoms with E-state index in [1.165, 1.54) is 28.8 Å². The van der Waals surface area contributed by atoms with Crippen molar-refractivity contribution in [3.63, 3.8) is 0 Å². The van der Waals surface area contributed by atoms with E-state index in [9.17, 15) is 13.2 Å². The predicted octanol–water partition coefficient (Wildman–Crippen LogP) is 4.64. The number of rotatable bonds is 5. The molecule has 0 aliphatic carbocycles. The van der Waals surface area contributed by atoms with Crippen LogP contribution < -0.4 is 4.90 Å². The number of nitrogens with zero attached hydrogens (tertiary/aromatic N) is 2. The summed E-state index contributed by atoms with van der Waals surface area (Å²) in [5.41, 5.74) is 3.69. The maximum Gasteiger partial charge on any atom is 0.300 e. The van der Waals surface area contributed by atoms with E-state index >= 15 is 0 Å². The van der Waals surface area contributed by atoms with E-state index in [4.69, 9.17) is 4.18 Å². The molecule has 32 heavy (non-hydrogen) atoms. The minimum Gasteiger partial charge on any atom is -0.343 e. The molecule has 2 heterocycles. The Labute approximate surface area is 197 Å². The summed E-state index contributed by atoms with van der Waals surface area (Å²) < 4.78 is 30.6. The zero-order valence-corrected chi connectivity index (χ0v) is 20.7. The molecule has 0 N–H and O–H groups in total. The fourth-order valence-corrected chi connectivity index (χ4v) is 7.67. The molecule has 2 aromatic rings. The number of aryl methyl sites for hydroxylation is 1. The van der Waals surface area contributed by atoms with Gasteiger partial charge in [0.05, 0.1) is 10.6 Å². The number of carbonyl (C=O) groups is 1. The van der Waals surface area contributed by atoms with Crippen LogP contribution in [-0.4, -0.2) is 43.5 Å². The zero-order valence-electron chi connectivity index (χ0n) is 18.2. The van der Waals surface area contributed by atoms with Crippen molar-refractivity contribution in [1.82, 2.24) is 4.90 Å². The first-order chi connectivity index (χ1) is 15.2. The molecule has 168 valence electrons. The van der Waals surface area contributed by atoms with Crippen molar-refractivity contribution < 1.29 is 17.4 Å². The standard InChI is InChI=1S/C23H24N2O4S3/c1-5-25-22(26)21(20-15-12-17-8-6-7-9-19(17)24(20)3)31-23(25,30-4)29-32(27,28)18-13-10-16(2)11-14-18/h6-15H,5H2,1-4H3. The van der Waals surface area contributed by atoms with E-state index in [0.717, 1.165) is 28.6 Å². The molecule has 2 aliphatic heterocycles. The normalized spacial score (nSPS) is 23.1. The van der Waals surface area contributed by atoms with Crippen molar-refractivity contribution in [2.45, 2.75) is 23.1 Å². The van der Waals surface area contributed by atoms with Crippen molar-refractivity contribution in [2.75, 3.05) is 24.7 Å². The molecule has 2 aliphatic rings. The second kappa shape index (κ2) is 8.62. The van der Waals surface area contributed by atoms with Crippen molar-refractivity contribution in [1.29, 1.82) is 0 Å². The summed E-state index contributed by atoms with van der Waals surface area (Å²) in [6.45, 7) is 4.00. The highest BCUT2D eigenvalue weighted by atomic mass is 32.2. The van der Waals surface area contributed by atoms with E-state index in [0.29, 0.717) is 17.1 Å². The number of para-hydroxylation sites is 1. The van der Waals surface area contributed by atoms with Gasteiger partial charge in [-0.15, -0.1) is 0 Å². The summed E-state index contributed by atoms with van der Waals surface area (Å²) >= 11 is 2.32. The van der Waals surface area contributed by atoms with Crippen LogP contribution in [0.25, 0.3) is 6.08 Å². The maximum absolute atomic E-state index is 13.4. The Balaban J connectivity index is 1.75. The highest BCUT2D eigenvalue weighted by molar-refractivity contribution is 8.20. The topological polar surface area (TPSA) is 66.9 Å². The summed E-state index contributed by atoms with van der Waals surface area (Å²) in [6, 6.07) is 14.4. The number of fused-ring (bicyclic) bond motifs is 1. The Morgan fingerprint density at radius 2 is 1.78 bits per heavy atom. The van der Waals surface area contributed by atoms with Crippen molar-refractivity contribution >= 4 is 51.3 Å². The predicted molar refractivity (Wildman–Crippen MR) is 132 cm³/mol. The van der Waals surface area contributed by atoms with Crippen LogP contribution in [0.2, 0.25) is 0 Å². The molecule has 1 amide bonds. The molecule has 9 heteroatoms. The van der Waals surface area contributed by atoms with Gasteiger partial charge in [0.2, 0.25) is 0 Å². The van der Waals surface area contributed by atoms with Gasteiger partial charge in [-0.3, -0.25) is 9.69 Å². The van der Waals surface area contributed by atoms with Crippen LogP contribution in [0.15, 0.2) is 70.1 Å². The lowest BCUT2D eigenvalue weighted by Crippen LogP contribution is -2.44. The number of hydrogen-bond donors (Lipinski definition) is 0. The Hall–Kier alpha value is -2.20. The van der Waals surface area contributed by atoms with Gasteiger partial charge in [-0.1, -0.05) is 53.7 Å². The molecule has 0 bridgehead atoms. The van der Waals surface area contributed by atoms with Gasteiger partial charge in [0.1, 0.15) is 4.91 Å². The summed E-state index contributed by atoms with van der Waals surface area (Å²) in [5.74, 6) is -0.253. The van der Waals surface area contributed by atoms with E-state index in [2.05, 4.69) is 0 Å². The van der Waals surface area contributed by atoms with Gasteiger partial charge in [-0.2, -0.15) is 8.42 Å². The first-order valence-electron chi connectivity index (χ1n) is 10.1. The second-order valence-corrected chi connectivity index (χ2v) is 11.3. The number of anilines is 1. The van der Waals surface area contributed by atoms with Crippen LogP contribution in [0.5, 0.6) is 0 Å². The first kappa shape index (κ1) is 23.0. The first-order valence-corrected chi connectivity index (χ1v) is 13.5. The van der Waals surface area contributed by atoms with Crippen molar-refractivity contribution in [3.8, 4) is 0 Å². The Kier molecular flexibility index (Phi) is 6.19. The van der Waals surface area contributed by atoms with Crippen molar-refractivity contribution in [2.24, 2.45) is 0 Å². The van der Waals surface area contributed by atoms with Gasteiger partial charge < -0.3 is 4.90 Å². The third kappa shape index (κ3) is 3.87. The van der Waals surface area contributed by atoms with Crippen molar-refractivity contribution in [3.05, 3.63) is 76.3 Å². The molecular weight excluding hydrogens is 464 g/mol. The van der Waals surface area contributed by atoms with Gasteiger partial charge in [-0.25, -0.2) is 4.18 Å². The minimum atomic E-state index is -4.10. The quantitative estimate of drug-likeness (QED) is 0.345. The fraction of sp³-hybridized carbons (Fsp3) is 0.261. The number of amides is 1. The van der Waals surface area contributed by atoms with Crippen LogP contribution in [0, 0.1) is 6.92 Å².